The predicted octanol–water partition coefficient (Wildman–Crippen LogP) is 4.18. The Balaban J connectivity index is 2.09. The van der Waals surface area contributed by atoms with Crippen molar-refractivity contribution in [2.24, 2.45) is 5.73 Å². The molecule has 0 aliphatic carbocycles. The maximum atomic E-state index is 8.88. The van der Waals surface area contributed by atoms with E-state index in [1.807, 2.05) is 31.2 Å². The molecule has 0 fully saturated rings. The van der Waals surface area contributed by atoms with Crippen LogP contribution in [0.2, 0.25) is 0 Å². The van der Waals surface area contributed by atoms with Crippen molar-refractivity contribution in [3.05, 3.63) is 64.7 Å². The molecular formula is C17H18N2S. The highest BCUT2D eigenvalue weighted by Gasteiger charge is 2.04. The number of aryl methyl sites for hydroxylation is 1. The molecule has 2 nitrogen and oxygen atoms in total. The average Bonchev–Trinajstić information content (AvgIpc) is 2.46. The summed E-state index contributed by atoms with van der Waals surface area (Å²) in [5.41, 5.74) is 10.2. The summed E-state index contributed by atoms with van der Waals surface area (Å²) < 4.78 is 0. The number of benzene rings is 2. The Morgan fingerprint density at radius 3 is 2.70 bits per heavy atom. The summed E-state index contributed by atoms with van der Waals surface area (Å²) in [6.07, 6.45) is 0. The lowest BCUT2D eigenvalue weighted by Gasteiger charge is -2.09. The van der Waals surface area contributed by atoms with Gasteiger partial charge >= 0.3 is 0 Å². The van der Waals surface area contributed by atoms with E-state index in [4.69, 9.17) is 11.0 Å². The number of nitrogens with two attached hydrogens (primary N) is 1. The van der Waals surface area contributed by atoms with Crippen LogP contribution in [0.5, 0.6) is 0 Å². The third kappa shape index (κ3) is 3.63. The van der Waals surface area contributed by atoms with Gasteiger partial charge in [0.25, 0.3) is 0 Å². The highest BCUT2D eigenvalue weighted by atomic mass is 32.2. The highest BCUT2D eigenvalue weighted by molar-refractivity contribution is 7.98. The Morgan fingerprint density at radius 1 is 1.25 bits per heavy atom. The minimum atomic E-state index is 0.0622. The first-order valence-corrected chi connectivity index (χ1v) is 7.56. The lowest BCUT2D eigenvalue weighted by molar-refractivity contribution is 0.815. The van der Waals surface area contributed by atoms with Gasteiger partial charge < -0.3 is 5.73 Å². The van der Waals surface area contributed by atoms with Crippen LogP contribution in [0.25, 0.3) is 0 Å². The van der Waals surface area contributed by atoms with E-state index in [0.717, 1.165) is 16.9 Å². The van der Waals surface area contributed by atoms with Crippen LogP contribution in [0, 0.1) is 18.3 Å². The number of hydrogen-bond acceptors (Lipinski definition) is 3. The molecule has 20 heavy (non-hydrogen) atoms. The average molecular weight is 282 g/mol. The molecular weight excluding hydrogens is 264 g/mol. The van der Waals surface area contributed by atoms with Gasteiger partial charge in [0.2, 0.25) is 0 Å². The van der Waals surface area contributed by atoms with E-state index in [9.17, 15) is 0 Å². The molecule has 0 saturated heterocycles. The SMILES string of the molecule is Cc1cc(C#N)ccc1CSc1cccc(C(C)N)c1. The van der Waals surface area contributed by atoms with Crippen molar-refractivity contribution >= 4 is 11.8 Å². The first-order valence-electron chi connectivity index (χ1n) is 6.58. The summed E-state index contributed by atoms with van der Waals surface area (Å²) in [7, 11) is 0. The van der Waals surface area contributed by atoms with Crippen LogP contribution in [0.1, 0.15) is 35.2 Å². The third-order valence-electron chi connectivity index (χ3n) is 3.25. The van der Waals surface area contributed by atoms with Crippen LogP contribution < -0.4 is 5.73 Å². The van der Waals surface area contributed by atoms with Crippen molar-refractivity contribution < 1.29 is 0 Å². The molecule has 0 bridgehead atoms. The predicted molar refractivity (Wildman–Crippen MR) is 84.5 cm³/mol. The van der Waals surface area contributed by atoms with Gasteiger partial charge in [-0.25, -0.2) is 0 Å². The molecule has 102 valence electrons. The van der Waals surface area contributed by atoms with Crippen LogP contribution in [0.3, 0.4) is 0 Å². The monoisotopic (exact) mass is 282 g/mol. The van der Waals surface area contributed by atoms with Gasteiger partial charge in [-0.1, -0.05) is 18.2 Å². The molecule has 2 rings (SSSR count). The molecule has 2 aromatic carbocycles. The van der Waals surface area contributed by atoms with Gasteiger partial charge in [0.15, 0.2) is 0 Å². The van der Waals surface area contributed by atoms with Gasteiger partial charge in [-0.05, 0) is 54.8 Å². The molecule has 2 aromatic rings. The van der Waals surface area contributed by atoms with Crippen molar-refractivity contribution in [1.29, 1.82) is 5.26 Å². The fourth-order valence-electron chi connectivity index (χ4n) is 1.98. The summed E-state index contributed by atoms with van der Waals surface area (Å²) in [5, 5.41) is 8.88. The van der Waals surface area contributed by atoms with Gasteiger partial charge in [0.1, 0.15) is 0 Å². The van der Waals surface area contributed by atoms with Crippen molar-refractivity contribution in [3.8, 4) is 6.07 Å². The highest BCUT2D eigenvalue weighted by Crippen LogP contribution is 2.26. The van der Waals surface area contributed by atoms with Gasteiger partial charge in [-0.15, -0.1) is 11.8 Å². The minimum Gasteiger partial charge on any atom is -0.324 e. The largest absolute Gasteiger partial charge is 0.324 e. The summed E-state index contributed by atoms with van der Waals surface area (Å²) in [6.45, 7) is 4.05. The lowest BCUT2D eigenvalue weighted by atomic mass is 10.1. The smallest absolute Gasteiger partial charge is 0.0991 e. The second kappa shape index (κ2) is 6.60. The fraction of sp³-hybridized carbons (Fsp3) is 0.235. The van der Waals surface area contributed by atoms with Gasteiger partial charge in [0, 0.05) is 16.7 Å². The Kier molecular flexibility index (Phi) is 4.84. The standard InChI is InChI=1S/C17H18N2S/c1-12-8-14(10-18)6-7-16(12)11-20-17-5-3-4-15(9-17)13(2)19/h3-9,13H,11,19H2,1-2H3. The normalized spacial score (nSPS) is 11.9. The van der Waals surface area contributed by atoms with Crippen LogP contribution >= 0.6 is 11.8 Å². The van der Waals surface area contributed by atoms with Crippen LogP contribution in [-0.4, -0.2) is 0 Å². The summed E-state index contributed by atoms with van der Waals surface area (Å²) in [5.74, 6) is 0.903. The summed E-state index contributed by atoms with van der Waals surface area (Å²) >= 11 is 1.79. The molecule has 0 saturated carbocycles. The molecule has 1 unspecified atom stereocenters. The Bertz CT molecular complexity index is 642. The van der Waals surface area contributed by atoms with E-state index >= 15 is 0 Å². The molecule has 0 aliphatic heterocycles. The maximum absolute atomic E-state index is 8.88. The second-order valence-corrected chi connectivity index (χ2v) is 5.95. The van der Waals surface area contributed by atoms with Crippen LogP contribution in [0.4, 0.5) is 0 Å². The minimum absolute atomic E-state index is 0.0622. The lowest BCUT2D eigenvalue weighted by Crippen LogP contribution is -2.04. The Labute approximate surface area is 124 Å². The fourth-order valence-corrected chi connectivity index (χ4v) is 3.02. The van der Waals surface area contributed by atoms with Crippen molar-refractivity contribution in [2.45, 2.75) is 30.5 Å². The zero-order valence-electron chi connectivity index (χ0n) is 11.8. The topological polar surface area (TPSA) is 49.8 Å². The molecule has 0 aliphatic rings. The summed E-state index contributed by atoms with van der Waals surface area (Å²) in [6, 6.07) is 16.4. The molecule has 1 atom stereocenters. The zero-order chi connectivity index (χ0) is 14.5. The van der Waals surface area contributed by atoms with Crippen molar-refractivity contribution in [3.63, 3.8) is 0 Å². The first-order chi connectivity index (χ1) is 9.60. The van der Waals surface area contributed by atoms with Gasteiger partial charge in [-0.3, -0.25) is 0 Å². The molecule has 3 heteroatoms. The molecule has 0 spiro atoms. The quantitative estimate of drug-likeness (QED) is 0.856. The van der Waals surface area contributed by atoms with E-state index in [1.54, 1.807) is 11.8 Å². The molecule has 0 aromatic heterocycles. The van der Waals surface area contributed by atoms with E-state index < -0.39 is 0 Å². The van der Waals surface area contributed by atoms with E-state index in [1.165, 1.54) is 16.0 Å². The number of nitrogens with zero attached hydrogens (tertiary/aromatic N) is 1. The third-order valence-corrected chi connectivity index (χ3v) is 4.29. The van der Waals surface area contributed by atoms with Crippen LogP contribution in [-0.2, 0) is 5.75 Å². The maximum Gasteiger partial charge on any atom is 0.0991 e. The second-order valence-electron chi connectivity index (χ2n) is 4.90. The molecule has 0 amide bonds. The number of thioether (sulfide) groups is 1. The summed E-state index contributed by atoms with van der Waals surface area (Å²) in [4.78, 5) is 1.23. The van der Waals surface area contributed by atoms with Gasteiger partial charge in [-0.2, -0.15) is 5.26 Å². The van der Waals surface area contributed by atoms with Crippen molar-refractivity contribution in [1.82, 2.24) is 0 Å². The first kappa shape index (κ1) is 14.6. The number of rotatable bonds is 4. The number of nitriles is 1. The number of hydrogen-bond donors (Lipinski definition) is 1. The van der Waals surface area contributed by atoms with Gasteiger partial charge in [0.05, 0.1) is 11.6 Å². The van der Waals surface area contributed by atoms with Crippen molar-refractivity contribution in [2.75, 3.05) is 0 Å². The van der Waals surface area contributed by atoms with E-state index in [0.29, 0.717) is 0 Å². The van der Waals surface area contributed by atoms with Crippen LogP contribution in [0.15, 0.2) is 47.4 Å². The van der Waals surface area contributed by atoms with E-state index in [-0.39, 0.29) is 6.04 Å². The molecule has 0 radical (unpaired) electrons. The Hall–Kier alpha value is -1.76. The van der Waals surface area contributed by atoms with E-state index in [2.05, 4.69) is 31.2 Å². The molecule has 0 heterocycles. The molecule has 2 N–H and O–H groups in total. The zero-order valence-corrected chi connectivity index (χ0v) is 12.6. The Morgan fingerprint density at radius 2 is 2.05 bits per heavy atom.